The minimum Gasteiger partial charge on any atom is -0.491 e. The Morgan fingerprint density at radius 2 is 1.43 bits per heavy atom. The molecule has 3 N–H and O–H groups in total. The van der Waals surface area contributed by atoms with Gasteiger partial charge in [-0.2, -0.15) is 0 Å². The lowest BCUT2D eigenvalue weighted by atomic mass is 10.0. The Kier molecular flexibility index (Phi) is 8.87. The number of carboxylic acids is 1. The third-order valence-electron chi connectivity index (χ3n) is 4.48. The van der Waals surface area contributed by atoms with E-state index in [1.165, 1.54) is 0 Å². The van der Waals surface area contributed by atoms with Crippen molar-refractivity contribution in [2.24, 2.45) is 0 Å². The van der Waals surface area contributed by atoms with Gasteiger partial charge in [-0.15, -0.1) is 0 Å². The molecule has 0 unspecified atom stereocenters. The van der Waals surface area contributed by atoms with Gasteiger partial charge in [-0.05, 0) is 43.5 Å². The van der Waals surface area contributed by atoms with E-state index in [4.69, 9.17) is 4.74 Å². The van der Waals surface area contributed by atoms with Crippen LogP contribution in [0.1, 0.15) is 38.8 Å². The van der Waals surface area contributed by atoms with Gasteiger partial charge in [0.15, 0.2) is 0 Å². The number of nitrogens with one attached hydrogen (secondary N) is 2. The monoisotopic (exact) mass is 412 g/mol. The number of hydrogen-bond acceptors (Lipinski definition) is 4. The van der Waals surface area contributed by atoms with Crippen molar-refractivity contribution in [1.29, 1.82) is 0 Å². The summed E-state index contributed by atoms with van der Waals surface area (Å²) in [6.07, 6.45) is 0.748. The minimum absolute atomic E-state index is 0.0666. The zero-order valence-electron chi connectivity index (χ0n) is 18.1. The lowest BCUT2D eigenvalue weighted by Gasteiger charge is -2.23. The molecule has 1 amide bonds. The normalized spacial score (nSPS) is 13.1. The van der Waals surface area contributed by atoms with Crippen LogP contribution in [0.3, 0.4) is 0 Å². The van der Waals surface area contributed by atoms with Crippen molar-refractivity contribution in [3.05, 3.63) is 65.7 Å². The average Bonchev–Trinajstić information content (AvgIpc) is 2.68. The first-order valence-corrected chi connectivity index (χ1v) is 10.3. The Hall–Kier alpha value is -2.86. The van der Waals surface area contributed by atoms with E-state index >= 15 is 0 Å². The second-order valence-corrected chi connectivity index (χ2v) is 7.98. The third-order valence-corrected chi connectivity index (χ3v) is 4.48. The van der Waals surface area contributed by atoms with Crippen molar-refractivity contribution >= 4 is 11.9 Å². The second-order valence-electron chi connectivity index (χ2n) is 7.98. The largest absolute Gasteiger partial charge is 0.491 e. The molecule has 2 rings (SSSR count). The Balaban J connectivity index is 2.07. The molecule has 162 valence electrons. The van der Waals surface area contributed by atoms with Gasteiger partial charge in [0.05, 0.1) is 12.1 Å². The summed E-state index contributed by atoms with van der Waals surface area (Å²) in [6, 6.07) is 15.5. The summed E-state index contributed by atoms with van der Waals surface area (Å²) in [7, 11) is 0. The molecule has 0 fully saturated rings. The maximum Gasteiger partial charge on any atom is 0.326 e. The minimum atomic E-state index is -1.06. The lowest BCUT2D eigenvalue weighted by molar-refractivity contribution is -0.142. The van der Waals surface area contributed by atoms with Gasteiger partial charge in [0.2, 0.25) is 5.91 Å². The van der Waals surface area contributed by atoms with Gasteiger partial charge in [-0.3, -0.25) is 4.79 Å². The van der Waals surface area contributed by atoms with E-state index in [2.05, 4.69) is 10.6 Å². The summed E-state index contributed by atoms with van der Waals surface area (Å²) in [5, 5.41) is 15.6. The highest BCUT2D eigenvalue weighted by molar-refractivity contribution is 5.87. The summed E-state index contributed by atoms with van der Waals surface area (Å²) in [5.41, 5.74) is 1.83. The average molecular weight is 413 g/mol. The summed E-state index contributed by atoms with van der Waals surface area (Å²) in [5.74, 6) is -0.651. The van der Waals surface area contributed by atoms with E-state index in [9.17, 15) is 14.7 Å². The topological polar surface area (TPSA) is 87.7 Å². The molecule has 2 aromatic carbocycles. The van der Waals surface area contributed by atoms with Crippen molar-refractivity contribution < 1.29 is 19.4 Å². The van der Waals surface area contributed by atoms with Crippen LogP contribution < -0.4 is 15.4 Å². The molecule has 0 aliphatic rings. The smallest absolute Gasteiger partial charge is 0.326 e. The molecule has 2 atom stereocenters. The Morgan fingerprint density at radius 3 is 1.97 bits per heavy atom. The lowest BCUT2D eigenvalue weighted by Crippen LogP contribution is -2.53. The van der Waals surface area contributed by atoms with Gasteiger partial charge in [-0.1, -0.05) is 56.3 Å². The molecule has 2 aromatic rings. The van der Waals surface area contributed by atoms with Crippen LogP contribution in [-0.4, -0.2) is 41.2 Å². The summed E-state index contributed by atoms with van der Waals surface area (Å²) < 4.78 is 5.62. The fourth-order valence-electron chi connectivity index (χ4n) is 3.16. The van der Waals surface area contributed by atoms with Gasteiger partial charge in [-0.25, -0.2) is 4.79 Å². The predicted octanol–water partition coefficient (Wildman–Crippen LogP) is 3.20. The Bertz CT molecular complexity index is 804. The first-order chi connectivity index (χ1) is 14.2. The molecule has 0 spiro atoms. The highest BCUT2D eigenvalue weighted by atomic mass is 16.5. The highest BCUT2D eigenvalue weighted by Gasteiger charge is 2.26. The van der Waals surface area contributed by atoms with Crippen LogP contribution >= 0.6 is 0 Å². The number of carbonyl (C=O) groups excluding carboxylic acids is 1. The van der Waals surface area contributed by atoms with Crippen molar-refractivity contribution in [1.82, 2.24) is 10.6 Å². The van der Waals surface area contributed by atoms with Crippen molar-refractivity contribution in [3.63, 3.8) is 0 Å². The molecule has 0 bridgehead atoms. The van der Waals surface area contributed by atoms with Crippen molar-refractivity contribution in [2.45, 2.75) is 64.8 Å². The Morgan fingerprint density at radius 1 is 0.867 bits per heavy atom. The molecule has 0 saturated carbocycles. The number of benzene rings is 2. The van der Waals surface area contributed by atoms with Crippen LogP contribution in [-0.2, 0) is 22.4 Å². The summed E-state index contributed by atoms with van der Waals surface area (Å²) in [4.78, 5) is 24.7. The van der Waals surface area contributed by atoms with Crippen LogP contribution in [0.15, 0.2) is 54.6 Å². The van der Waals surface area contributed by atoms with Crippen molar-refractivity contribution in [2.75, 3.05) is 0 Å². The molecule has 0 saturated heterocycles. The number of rotatable bonds is 11. The van der Waals surface area contributed by atoms with E-state index in [0.717, 1.165) is 16.9 Å². The molecule has 0 radical (unpaired) electrons. The van der Waals surface area contributed by atoms with Gasteiger partial charge >= 0.3 is 5.97 Å². The number of carbonyl (C=O) groups is 2. The predicted molar refractivity (Wildman–Crippen MR) is 118 cm³/mol. The molecular formula is C24H32N2O4. The quantitative estimate of drug-likeness (QED) is 0.528. The zero-order chi connectivity index (χ0) is 22.1. The molecule has 0 aliphatic heterocycles. The van der Waals surface area contributed by atoms with Crippen LogP contribution in [0, 0.1) is 0 Å². The van der Waals surface area contributed by atoms with Gasteiger partial charge in [0.1, 0.15) is 11.8 Å². The molecule has 6 nitrogen and oxygen atoms in total. The molecular weight excluding hydrogens is 380 g/mol. The van der Waals surface area contributed by atoms with E-state index in [1.54, 1.807) is 0 Å². The zero-order valence-corrected chi connectivity index (χ0v) is 18.1. The second kappa shape index (κ2) is 11.4. The number of amides is 1. The van der Waals surface area contributed by atoms with Crippen LogP contribution in [0.4, 0.5) is 0 Å². The van der Waals surface area contributed by atoms with Gasteiger partial charge < -0.3 is 20.5 Å². The third kappa shape index (κ3) is 7.87. The highest BCUT2D eigenvalue weighted by Crippen LogP contribution is 2.15. The molecule has 0 aromatic heterocycles. The number of aliphatic carboxylic acids is 1. The standard InChI is InChI=1S/C24H32N2O4/c1-16(2)25-21(14-18-8-6-5-7-9-18)23(27)26-22(24(28)29)15-19-10-12-20(13-11-19)30-17(3)4/h5-13,16-17,21-22,25H,14-15H2,1-4H3,(H,26,27)(H,28,29)/t21-,22+/m0/s1. The molecule has 6 heteroatoms. The summed E-state index contributed by atoms with van der Waals surface area (Å²) in [6.45, 7) is 7.81. The van der Waals surface area contributed by atoms with Crippen LogP contribution in [0.5, 0.6) is 5.75 Å². The fourth-order valence-corrected chi connectivity index (χ4v) is 3.16. The molecule has 0 aliphatic carbocycles. The number of hydrogen-bond donors (Lipinski definition) is 3. The van der Waals surface area contributed by atoms with E-state index in [1.807, 2.05) is 82.3 Å². The SMILES string of the molecule is CC(C)N[C@@H](Cc1ccccc1)C(=O)N[C@H](Cc1ccc(OC(C)C)cc1)C(=O)O. The maximum atomic E-state index is 12.9. The first-order valence-electron chi connectivity index (χ1n) is 10.3. The van der Waals surface area contributed by atoms with Gasteiger partial charge in [0.25, 0.3) is 0 Å². The van der Waals surface area contributed by atoms with Crippen LogP contribution in [0.2, 0.25) is 0 Å². The Labute approximate surface area is 178 Å². The van der Waals surface area contributed by atoms with Crippen molar-refractivity contribution in [3.8, 4) is 5.75 Å². The van der Waals surface area contributed by atoms with Crippen LogP contribution in [0.25, 0.3) is 0 Å². The number of carboxylic acid groups (broad SMARTS) is 1. The fraction of sp³-hybridized carbons (Fsp3) is 0.417. The molecule has 30 heavy (non-hydrogen) atoms. The van der Waals surface area contributed by atoms with Gasteiger partial charge in [0, 0.05) is 12.5 Å². The maximum absolute atomic E-state index is 12.9. The number of ether oxygens (including phenoxy) is 1. The first kappa shape index (κ1) is 23.4. The van der Waals surface area contributed by atoms with E-state index in [0.29, 0.717) is 6.42 Å². The van der Waals surface area contributed by atoms with E-state index in [-0.39, 0.29) is 24.5 Å². The summed E-state index contributed by atoms with van der Waals surface area (Å²) >= 11 is 0. The van der Waals surface area contributed by atoms with E-state index < -0.39 is 18.1 Å². The molecule has 0 heterocycles.